The first-order valence-corrected chi connectivity index (χ1v) is 11.7. The van der Waals surface area contributed by atoms with Crippen molar-refractivity contribution in [2.24, 2.45) is 7.05 Å². The third-order valence-electron chi connectivity index (χ3n) is 7.33. The molecule has 5 heterocycles. The number of imidazole rings is 1. The van der Waals surface area contributed by atoms with E-state index >= 15 is 0 Å². The summed E-state index contributed by atoms with van der Waals surface area (Å²) in [6, 6.07) is 5.58. The van der Waals surface area contributed by atoms with Gasteiger partial charge in [-0.15, -0.1) is 0 Å². The molecule has 1 saturated heterocycles. The molecule has 0 N–H and O–H groups in total. The quantitative estimate of drug-likeness (QED) is 0.378. The second kappa shape index (κ2) is 7.69. The average molecular weight is 480 g/mol. The molecule has 35 heavy (non-hydrogen) atoms. The molecule has 2 atom stereocenters. The van der Waals surface area contributed by atoms with Crippen molar-refractivity contribution >= 4 is 11.6 Å². The summed E-state index contributed by atoms with van der Waals surface area (Å²) >= 11 is 0. The molecule has 180 valence electrons. The van der Waals surface area contributed by atoms with Crippen LogP contribution in [-0.2, 0) is 13.5 Å². The average Bonchev–Trinajstić information content (AvgIpc) is 3.31. The Morgan fingerprint density at radius 1 is 1.09 bits per heavy atom. The van der Waals surface area contributed by atoms with E-state index in [1.165, 1.54) is 0 Å². The molecule has 9 heteroatoms. The molecule has 0 aliphatic carbocycles. The molecule has 0 spiro atoms. The maximum Gasteiger partial charge on any atom is 0.273 e. The van der Waals surface area contributed by atoms with Gasteiger partial charge in [-0.25, -0.2) is 18.2 Å². The van der Waals surface area contributed by atoms with Crippen LogP contribution in [0.3, 0.4) is 0 Å². The molecule has 1 aromatic carbocycles. The van der Waals surface area contributed by atoms with Crippen LogP contribution in [0.15, 0.2) is 30.5 Å². The fourth-order valence-corrected chi connectivity index (χ4v) is 5.85. The lowest BCUT2D eigenvalue weighted by atomic mass is 9.81. The minimum absolute atomic E-state index is 0.0813. The zero-order valence-electron chi connectivity index (χ0n) is 19.6. The van der Waals surface area contributed by atoms with Gasteiger partial charge in [0.05, 0.1) is 23.1 Å². The summed E-state index contributed by atoms with van der Waals surface area (Å²) < 4.78 is 45.1. The molecule has 6 nitrogen and oxygen atoms in total. The highest BCUT2D eigenvalue weighted by Crippen LogP contribution is 2.45. The number of piperidine rings is 1. The lowest BCUT2D eigenvalue weighted by molar-refractivity contribution is 0.0384. The zero-order chi connectivity index (χ0) is 24.6. The van der Waals surface area contributed by atoms with Crippen LogP contribution in [0.4, 0.5) is 13.2 Å². The van der Waals surface area contributed by atoms with Crippen molar-refractivity contribution in [1.82, 2.24) is 24.1 Å². The maximum absolute atomic E-state index is 14.0. The highest BCUT2D eigenvalue weighted by Gasteiger charge is 2.44. The summed E-state index contributed by atoms with van der Waals surface area (Å²) in [4.78, 5) is 20.5. The Balaban J connectivity index is 1.46. The normalized spacial score (nSPS) is 19.3. The van der Waals surface area contributed by atoms with E-state index in [0.717, 1.165) is 53.9 Å². The van der Waals surface area contributed by atoms with Crippen LogP contribution in [0.25, 0.3) is 16.9 Å². The Morgan fingerprint density at radius 2 is 1.83 bits per heavy atom. The van der Waals surface area contributed by atoms with Gasteiger partial charge in [0.25, 0.3) is 5.91 Å². The van der Waals surface area contributed by atoms with E-state index in [2.05, 4.69) is 4.98 Å². The number of aromatic nitrogens is 4. The van der Waals surface area contributed by atoms with Crippen molar-refractivity contribution in [3.8, 4) is 11.3 Å². The predicted molar refractivity (Wildman–Crippen MR) is 123 cm³/mol. The van der Waals surface area contributed by atoms with Gasteiger partial charge in [-0.05, 0) is 69.4 Å². The van der Waals surface area contributed by atoms with Crippen LogP contribution in [0, 0.1) is 31.3 Å². The smallest absolute Gasteiger partial charge is 0.273 e. The largest absolute Gasteiger partial charge is 0.325 e. The van der Waals surface area contributed by atoms with Gasteiger partial charge < -0.3 is 4.90 Å². The van der Waals surface area contributed by atoms with E-state index in [0.29, 0.717) is 23.5 Å². The molecule has 1 fully saturated rings. The number of pyridine rings is 1. The van der Waals surface area contributed by atoms with Gasteiger partial charge in [0, 0.05) is 30.4 Å². The molecule has 0 unspecified atom stereocenters. The van der Waals surface area contributed by atoms with E-state index in [4.69, 9.17) is 5.10 Å². The number of halogens is 3. The van der Waals surface area contributed by atoms with Gasteiger partial charge in [0.15, 0.2) is 17.5 Å². The number of aryl methyl sites for hydroxylation is 3. The molecule has 2 aliphatic rings. The van der Waals surface area contributed by atoms with E-state index in [9.17, 15) is 18.0 Å². The van der Waals surface area contributed by atoms with E-state index in [1.54, 1.807) is 11.7 Å². The summed E-state index contributed by atoms with van der Waals surface area (Å²) in [5.41, 5.74) is 5.40. The standard InChI is InChI=1S/C26H24F3N5O/c1-13-7-8-33-21(9-13)30-14(2)24(33)26(35)34-16-5-4-6-20(34)23-17(12-16)25(32(3)31-23)15-10-18(27)22(29)19(28)11-15/h7-11,16,20H,4-6,12H2,1-3H3/t16-,20+/m1/s1. The second-order valence-electron chi connectivity index (χ2n) is 9.59. The molecule has 6 rings (SSSR count). The van der Waals surface area contributed by atoms with Gasteiger partial charge in [0.2, 0.25) is 0 Å². The molecule has 3 aromatic heterocycles. The topological polar surface area (TPSA) is 55.4 Å². The number of fused-ring (bicyclic) bond motifs is 5. The number of nitrogens with zero attached hydrogens (tertiary/aromatic N) is 5. The third-order valence-corrected chi connectivity index (χ3v) is 7.33. The van der Waals surface area contributed by atoms with Crippen LogP contribution < -0.4 is 0 Å². The van der Waals surface area contributed by atoms with Gasteiger partial charge in [0.1, 0.15) is 11.3 Å². The van der Waals surface area contributed by atoms with E-state index in [-0.39, 0.29) is 23.6 Å². The third kappa shape index (κ3) is 3.20. The SMILES string of the molecule is Cc1ccn2c(C(=O)N3[C@@H]4CCC[C@H]3c3nn(C)c(-c5cc(F)c(F)c(F)c5)c3C4)c(C)nc2c1. The fraction of sp³-hybridized carbons (Fsp3) is 0.346. The van der Waals surface area contributed by atoms with E-state index in [1.807, 2.05) is 41.5 Å². The first-order valence-electron chi connectivity index (χ1n) is 11.7. The summed E-state index contributed by atoms with van der Waals surface area (Å²) in [5.74, 6) is -4.05. The van der Waals surface area contributed by atoms with Crippen LogP contribution in [-0.4, -0.2) is 36.0 Å². The zero-order valence-corrected chi connectivity index (χ0v) is 19.6. The first-order chi connectivity index (χ1) is 16.7. The van der Waals surface area contributed by atoms with Crippen molar-refractivity contribution in [3.05, 3.63) is 76.1 Å². The number of hydrogen-bond donors (Lipinski definition) is 0. The lowest BCUT2D eigenvalue weighted by Gasteiger charge is -2.45. The van der Waals surface area contributed by atoms with Crippen molar-refractivity contribution in [1.29, 1.82) is 0 Å². The molecule has 1 amide bonds. The summed E-state index contributed by atoms with van der Waals surface area (Å²) in [6.45, 7) is 3.83. The molecule has 2 aliphatic heterocycles. The maximum atomic E-state index is 14.0. The number of carbonyl (C=O) groups excluding carboxylic acids is 1. The number of rotatable bonds is 2. The first kappa shape index (κ1) is 21.9. The van der Waals surface area contributed by atoms with Crippen LogP contribution in [0.5, 0.6) is 0 Å². The lowest BCUT2D eigenvalue weighted by Crippen LogP contribution is -2.50. The van der Waals surface area contributed by atoms with Gasteiger partial charge in [-0.1, -0.05) is 0 Å². The van der Waals surface area contributed by atoms with Gasteiger partial charge >= 0.3 is 0 Å². The van der Waals surface area contributed by atoms with E-state index < -0.39 is 17.5 Å². The summed E-state index contributed by atoms with van der Waals surface area (Å²) in [7, 11) is 1.71. The fourth-order valence-electron chi connectivity index (χ4n) is 5.85. The number of benzene rings is 1. The second-order valence-corrected chi connectivity index (χ2v) is 9.59. The molecular weight excluding hydrogens is 455 g/mol. The Bertz CT molecular complexity index is 1500. The Kier molecular flexibility index (Phi) is 4.81. The highest BCUT2D eigenvalue weighted by molar-refractivity contribution is 5.95. The predicted octanol–water partition coefficient (Wildman–Crippen LogP) is 5.06. The van der Waals surface area contributed by atoms with Gasteiger partial charge in [-0.2, -0.15) is 5.10 Å². The summed E-state index contributed by atoms with van der Waals surface area (Å²) in [5, 5.41) is 4.70. The molecule has 2 bridgehead atoms. The molecular formula is C26H24F3N5O. The molecule has 4 aromatic rings. The minimum Gasteiger partial charge on any atom is -0.325 e. The number of carbonyl (C=O) groups is 1. The number of amides is 1. The van der Waals surface area contributed by atoms with Crippen molar-refractivity contribution < 1.29 is 18.0 Å². The van der Waals surface area contributed by atoms with Crippen molar-refractivity contribution in [3.63, 3.8) is 0 Å². The van der Waals surface area contributed by atoms with Crippen LogP contribution in [0.2, 0.25) is 0 Å². The molecule has 0 saturated carbocycles. The Morgan fingerprint density at radius 3 is 2.57 bits per heavy atom. The van der Waals surface area contributed by atoms with Gasteiger partial charge in [-0.3, -0.25) is 13.9 Å². The minimum atomic E-state index is -1.49. The summed E-state index contributed by atoms with van der Waals surface area (Å²) in [6.07, 6.45) is 4.90. The van der Waals surface area contributed by atoms with Crippen molar-refractivity contribution in [2.45, 2.75) is 51.6 Å². The Labute approximate surface area is 200 Å². The monoisotopic (exact) mass is 479 g/mol. The van der Waals surface area contributed by atoms with Crippen LogP contribution >= 0.6 is 0 Å². The van der Waals surface area contributed by atoms with Crippen molar-refractivity contribution in [2.75, 3.05) is 0 Å². The molecule has 0 radical (unpaired) electrons. The Hall–Kier alpha value is -3.62. The van der Waals surface area contributed by atoms with Crippen LogP contribution in [0.1, 0.15) is 58.3 Å². The number of hydrogen-bond acceptors (Lipinski definition) is 3. The highest BCUT2D eigenvalue weighted by atomic mass is 19.2.